The summed E-state index contributed by atoms with van der Waals surface area (Å²) in [7, 11) is 0. The number of nitrogens with one attached hydrogen (secondary N) is 2. The van der Waals surface area contributed by atoms with Gasteiger partial charge in [-0.3, -0.25) is 9.78 Å². The third-order valence-electron chi connectivity index (χ3n) is 2.97. The minimum absolute atomic E-state index is 0.169. The van der Waals surface area contributed by atoms with Crippen LogP contribution in [0, 0.1) is 6.92 Å². The molecule has 0 saturated heterocycles. The van der Waals surface area contributed by atoms with Crippen LogP contribution in [0.15, 0.2) is 35.1 Å². The zero-order valence-corrected chi connectivity index (χ0v) is 11.9. The summed E-state index contributed by atoms with van der Waals surface area (Å²) >= 11 is 0. The van der Waals surface area contributed by atoms with Crippen LogP contribution in [0.25, 0.3) is 0 Å². The number of carbonyl (C=O) groups excluding carboxylic acids is 1. The quantitative estimate of drug-likeness (QED) is 0.879. The van der Waals surface area contributed by atoms with E-state index >= 15 is 0 Å². The van der Waals surface area contributed by atoms with Crippen molar-refractivity contribution in [1.82, 2.24) is 10.3 Å². The van der Waals surface area contributed by atoms with Crippen molar-refractivity contribution < 1.29 is 9.21 Å². The van der Waals surface area contributed by atoms with Crippen molar-refractivity contribution in [3.63, 3.8) is 0 Å². The maximum Gasteiger partial charge on any atom is 0.255 e. The highest BCUT2D eigenvalue weighted by Crippen LogP contribution is 2.18. The van der Waals surface area contributed by atoms with Crippen LogP contribution < -0.4 is 10.6 Å². The molecule has 0 aliphatic rings. The number of nitrogens with zero attached hydrogens (tertiary/aromatic N) is 1. The molecule has 2 rings (SSSR count). The molecule has 2 heterocycles. The van der Waals surface area contributed by atoms with Gasteiger partial charge in [-0.2, -0.15) is 0 Å². The molecule has 1 unspecified atom stereocenters. The van der Waals surface area contributed by atoms with Crippen LogP contribution in [0.1, 0.15) is 41.7 Å². The van der Waals surface area contributed by atoms with E-state index in [2.05, 4.69) is 15.6 Å². The van der Waals surface area contributed by atoms with E-state index in [1.807, 2.05) is 32.9 Å². The molecule has 0 spiro atoms. The number of aryl methyl sites for hydroxylation is 1. The van der Waals surface area contributed by atoms with E-state index in [1.165, 1.54) is 0 Å². The maximum atomic E-state index is 12.3. The molecule has 0 radical (unpaired) electrons. The smallest absolute Gasteiger partial charge is 0.255 e. The molecule has 20 heavy (non-hydrogen) atoms. The van der Waals surface area contributed by atoms with Crippen LogP contribution in [0.3, 0.4) is 0 Å². The number of pyridine rings is 1. The fourth-order valence-electron chi connectivity index (χ4n) is 1.96. The molecule has 0 saturated carbocycles. The van der Waals surface area contributed by atoms with E-state index < -0.39 is 0 Å². The Kier molecular flexibility index (Phi) is 4.40. The molecule has 0 fully saturated rings. The van der Waals surface area contributed by atoms with Crippen molar-refractivity contribution >= 4 is 11.6 Å². The maximum absolute atomic E-state index is 12.3. The van der Waals surface area contributed by atoms with Gasteiger partial charge in [0.25, 0.3) is 5.91 Å². The SMILES string of the molecule is CCNc1cc(C)ncc1C(=O)NC(C)c1ccco1. The first-order valence-electron chi connectivity index (χ1n) is 6.66. The number of amides is 1. The Labute approximate surface area is 118 Å². The average molecular weight is 273 g/mol. The molecule has 1 amide bonds. The van der Waals surface area contributed by atoms with Crippen LogP contribution in [0.4, 0.5) is 5.69 Å². The number of carbonyl (C=O) groups is 1. The zero-order valence-electron chi connectivity index (χ0n) is 11.9. The second kappa shape index (κ2) is 6.23. The van der Waals surface area contributed by atoms with Gasteiger partial charge >= 0.3 is 0 Å². The molecule has 1 atom stereocenters. The molecule has 2 aromatic heterocycles. The molecule has 0 aliphatic heterocycles. The van der Waals surface area contributed by atoms with Crippen molar-refractivity contribution in [3.05, 3.63) is 47.7 Å². The topological polar surface area (TPSA) is 67.2 Å². The molecule has 0 aliphatic carbocycles. The fourth-order valence-corrected chi connectivity index (χ4v) is 1.96. The highest BCUT2D eigenvalue weighted by atomic mass is 16.3. The largest absolute Gasteiger partial charge is 0.467 e. The van der Waals surface area contributed by atoms with Crippen LogP contribution in [0.2, 0.25) is 0 Å². The predicted molar refractivity (Wildman–Crippen MR) is 77.7 cm³/mol. The van der Waals surface area contributed by atoms with E-state index in [4.69, 9.17) is 4.42 Å². The number of hydrogen-bond donors (Lipinski definition) is 2. The summed E-state index contributed by atoms with van der Waals surface area (Å²) in [4.78, 5) is 16.5. The lowest BCUT2D eigenvalue weighted by Crippen LogP contribution is -2.27. The first-order valence-corrected chi connectivity index (χ1v) is 6.66. The molecule has 106 valence electrons. The summed E-state index contributed by atoms with van der Waals surface area (Å²) in [6.07, 6.45) is 3.19. The monoisotopic (exact) mass is 273 g/mol. The third-order valence-corrected chi connectivity index (χ3v) is 2.97. The van der Waals surface area contributed by atoms with Gasteiger partial charge in [-0.05, 0) is 39.0 Å². The van der Waals surface area contributed by atoms with Crippen LogP contribution in [-0.4, -0.2) is 17.4 Å². The molecular weight excluding hydrogens is 254 g/mol. The lowest BCUT2D eigenvalue weighted by atomic mass is 10.1. The Morgan fingerprint density at radius 3 is 2.95 bits per heavy atom. The normalized spacial score (nSPS) is 11.9. The van der Waals surface area contributed by atoms with Crippen molar-refractivity contribution in [2.24, 2.45) is 0 Å². The zero-order chi connectivity index (χ0) is 14.5. The van der Waals surface area contributed by atoms with Crippen molar-refractivity contribution in [2.45, 2.75) is 26.8 Å². The Balaban J connectivity index is 2.16. The molecule has 2 N–H and O–H groups in total. The van der Waals surface area contributed by atoms with Crippen LogP contribution in [0.5, 0.6) is 0 Å². The first kappa shape index (κ1) is 14.1. The van der Waals surface area contributed by atoms with E-state index in [-0.39, 0.29) is 11.9 Å². The molecular formula is C15H19N3O2. The Morgan fingerprint density at radius 2 is 2.30 bits per heavy atom. The highest BCUT2D eigenvalue weighted by molar-refractivity contribution is 5.99. The lowest BCUT2D eigenvalue weighted by molar-refractivity contribution is 0.0936. The van der Waals surface area contributed by atoms with E-state index in [1.54, 1.807) is 18.5 Å². The standard InChI is InChI=1S/C15H19N3O2/c1-4-16-13-8-10(2)17-9-12(13)15(19)18-11(3)14-6-5-7-20-14/h5-9,11H,4H2,1-3H3,(H,16,17)(H,18,19). The van der Waals surface area contributed by atoms with Crippen LogP contribution >= 0.6 is 0 Å². The van der Waals surface area contributed by atoms with Gasteiger partial charge in [0.1, 0.15) is 5.76 Å². The number of anilines is 1. The van der Waals surface area contributed by atoms with Gasteiger partial charge in [0.05, 0.1) is 23.6 Å². The van der Waals surface area contributed by atoms with Crippen molar-refractivity contribution in [2.75, 3.05) is 11.9 Å². The Bertz CT molecular complexity index is 579. The Hall–Kier alpha value is -2.30. The van der Waals surface area contributed by atoms with Gasteiger partial charge in [-0.1, -0.05) is 0 Å². The van der Waals surface area contributed by atoms with Gasteiger partial charge in [-0.25, -0.2) is 0 Å². The molecule has 0 aromatic carbocycles. The minimum Gasteiger partial charge on any atom is -0.467 e. The van der Waals surface area contributed by atoms with Gasteiger partial charge in [0.2, 0.25) is 0 Å². The molecule has 5 nitrogen and oxygen atoms in total. The minimum atomic E-state index is -0.187. The van der Waals surface area contributed by atoms with Crippen molar-refractivity contribution in [3.8, 4) is 0 Å². The van der Waals surface area contributed by atoms with Crippen molar-refractivity contribution in [1.29, 1.82) is 0 Å². The second-order valence-corrected chi connectivity index (χ2v) is 4.61. The summed E-state index contributed by atoms with van der Waals surface area (Å²) in [5, 5.41) is 6.09. The van der Waals surface area contributed by atoms with Gasteiger partial charge < -0.3 is 15.1 Å². The summed E-state index contributed by atoms with van der Waals surface area (Å²) < 4.78 is 5.28. The predicted octanol–water partition coefficient (Wildman–Crippen LogP) is 2.91. The molecule has 0 bridgehead atoms. The second-order valence-electron chi connectivity index (χ2n) is 4.61. The van der Waals surface area contributed by atoms with E-state index in [0.29, 0.717) is 5.56 Å². The number of furan rings is 1. The molecule has 2 aromatic rings. The highest BCUT2D eigenvalue weighted by Gasteiger charge is 2.16. The van der Waals surface area contributed by atoms with E-state index in [0.717, 1.165) is 23.7 Å². The summed E-state index contributed by atoms with van der Waals surface area (Å²) in [6, 6.07) is 5.32. The third kappa shape index (κ3) is 3.17. The number of aromatic nitrogens is 1. The lowest BCUT2D eigenvalue weighted by Gasteiger charge is -2.14. The fraction of sp³-hybridized carbons (Fsp3) is 0.333. The average Bonchev–Trinajstić information content (AvgIpc) is 2.93. The van der Waals surface area contributed by atoms with Gasteiger partial charge in [0, 0.05) is 18.4 Å². The van der Waals surface area contributed by atoms with E-state index in [9.17, 15) is 4.79 Å². The van der Waals surface area contributed by atoms with Crippen LogP contribution in [-0.2, 0) is 0 Å². The first-order chi connectivity index (χ1) is 9.61. The summed E-state index contributed by atoms with van der Waals surface area (Å²) in [5.74, 6) is 0.556. The number of hydrogen-bond acceptors (Lipinski definition) is 4. The Morgan fingerprint density at radius 1 is 1.50 bits per heavy atom. The molecule has 5 heteroatoms. The summed E-state index contributed by atoms with van der Waals surface area (Å²) in [6.45, 7) is 6.51. The summed E-state index contributed by atoms with van der Waals surface area (Å²) in [5.41, 5.74) is 2.21. The number of rotatable bonds is 5. The van der Waals surface area contributed by atoms with Gasteiger partial charge in [0.15, 0.2) is 0 Å². The van der Waals surface area contributed by atoms with Gasteiger partial charge in [-0.15, -0.1) is 0 Å².